The Hall–Kier alpha value is -3.78. The quantitative estimate of drug-likeness (QED) is 0.355. The largest absolute Gasteiger partial charge is 0.472 e. The number of carbonyl (C=O) groups is 1. The molecule has 0 unspecified atom stereocenters. The lowest BCUT2D eigenvalue weighted by molar-refractivity contribution is -0.115. The molecule has 0 aliphatic heterocycles. The molecule has 4 rings (SSSR count). The van der Waals surface area contributed by atoms with Crippen LogP contribution in [-0.4, -0.2) is 25.7 Å². The molecule has 1 amide bonds. The van der Waals surface area contributed by atoms with Gasteiger partial charge in [0.05, 0.1) is 17.1 Å². The number of nitrogens with one attached hydrogen (secondary N) is 1. The highest BCUT2D eigenvalue weighted by atomic mass is 35.5. The summed E-state index contributed by atoms with van der Waals surface area (Å²) in [5.41, 5.74) is 3.87. The minimum atomic E-state index is -0.569. The molecule has 0 atom stereocenters. The van der Waals surface area contributed by atoms with Crippen LogP contribution in [0, 0.1) is 19.7 Å². The molecule has 2 aromatic carbocycles. The first-order chi connectivity index (χ1) is 16.8. The molecule has 0 aliphatic carbocycles. The lowest BCUT2D eigenvalue weighted by atomic mass is 10.1. The fourth-order valence-electron chi connectivity index (χ4n) is 3.67. The fourth-order valence-corrected chi connectivity index (χ4v) is 3.78. The van der Waals surface area contributed by atoms with Gasteiger partial charge in [-0.1, -0.05) is 54.9 Å². The van der Waals surface area contributed by atoms with Crippen LogP contribution in [0.5, 0.6) is 5.88 Å². The first kappa shape index (κ1) is 24.3. The van der Waals surface area contributed by atoms with Crippen molar-refractivity contribution in [3.8, 4) is 11.8 Å². The molecule has 0 radical (unpaired) electrons. The zero-order valence-electron chi connectivity index (χ0n) is 19.7. The zero-order valence-corrected chi connectivity index (χ0v) is 20.4. The molecule has 0 bridgehead atoms. The normalized spacial score (nSPS) is 10.9. The van der Waals surface area contributed by atoms with E-state index in [0.29, 0.717) is 36.0 Å². The van der Waals surface area contributed by atoms with E-state index in [0.717, 1.165) is 16.8 Å². The van der Waals surface area contributed by atoms with Crippen molar-refractivity contribution in [1.29, 1.82) is 0 Å². The number of rotatable bonds is 8. The number of nitrogens with zero attached hydrogens (tertiary/aromatic N) is 4. The Kier molecular flexibility index (Phi) is 7.41. The van der Waals surface area contributed by atoms with Gasteiger partial charge in [0.25, 0.3) is 5.95 Å². The first-order valence-electron chi connectivity index (χ1n) is 11.2. The number of aromatic nitrogens is 4. The van der Waals surface area contributed by atoms with Crippen LogP contribution in [0.3, 0.4) is 0 Å². The smallest absolute Gasteiger partial charge is 0.256 e. The van der Waals surface area contributed by atoms with Crippen LogP contribution in [0.4, 0.5) is 10.2 Å². The summed E-state index contributed by atoms with van der Waals surface area (Å²) in [5, 5.41) is 7.30. The van der Waals surface area contributed by atoms with Crippen LogP contribution < -0.4 is 10.1 Å². The van der Waals surface area contributed by atoms with Crippen LogP contribution in [0.1, 0.15) is 35.0 Å². The molecule has 2 aromatic heterocycles. The molecule has 0 saturated heterocycles. The lowest BCUT2D eigenvalue weighted by Crippen LogP contribution is -2.18. The zero-order chi connectivity index (χ0) is 24.9. The number of aryl methyl sites for hydroxylation is 2. The maximum Gasteiger partial charge on any atom is 0.256 e. The lowest BCUT2D eigenvalue weighted by Gasteiger charge is -2.14. The van der Waals surface area contributed by atoms with E-state index in [2.05, 4.69) is 20.4 Å². The highest BCUT2D eigenvalue weighted by Crippen LogP contribution is 2.24. The van der Waals surface area contributed by atoms with Gasteiger partial charge < -0.3 is 10.1 Å². The van der Waals surface area contributed by atoms with E-state index < -0.39 is 5.82 Å². The summed E-state index contributed by atoms with van der Waals surface area (Å²) in [4.78, 5) is 21.9. The van der Waals surface area contributed by atoms with Crippen LogP contribution in [0.25, 0.3) is 5.95 Å². The van der Waals surface area contributed by atoms with Crippen molar-refractivity contribution in [2.75, 3.05) is 5.32 Å². The predicted molar refractivity (Wildman–Crippen MR) is 133 cm³/mol. The summed E-state index contributed by atoms with van der Waals surface area (Å²) in [6, 6.07) is 15.8. The third kappa shape index (κ3) is 5.84. The van der Waals surface area contributed by atoms with Gasteiger partial charge >= 0.3 is 0 Å². The monoisotopic (exact) mass is 493 g/mol. The second-order valence-corrected chi connectivity index (χ2v) is 8.48. The summed E-state index contributed by atoms with van der Waals surface area (Å²) < 4.78 is 21.3. The average molecular weight is 494 g/mol. The van der Waals surface area contributed by atoms with Gasteiger partial charge in [0, 0.05) is 17.3 Å². The molecule has 1 N–H and O–H groups in total. The van der Waals surface area contributed by atoms with Crippen LogP contribution in [0.15, 0.2) is 54.6 Å². The minimum Gasteiger partial charge on any atom is -0.472 e. The second-order valence-electron chi connectivity index (χ2n) is 8.08. The summed E-state index contributed by atoms with van der Waals surface area (Å²) in [6.07, 6.45) is 0.675. The number of anilines is 1. The number of hydrogen-bond acceptors (Lipinski definition) is 5. The number of halogens is 2. The molecule has 180 valence electrons. The van der Waals surface area contributed by atoms with Crippen LogP contribution in [-0.2, 0) is 24.2 Å². The topological polar surface area (TPSA) is 81.9 Å². The Morgan fingerprint density at radius 2 is 1.86 bits per heavy atom. The molecule has 4 aromatic rings. The van der Waals surface area contributed by atoms with Crippen LogP contribution >= 0.6 is 11.6 Å². The molecular weight excluding hydrogens is 469 g/mol. The Morgan fingerprint density at radius 3 is 2.57 bits per heavy atom. The summed E-state index contributed by atoms with van der Waals surface area (Å²) >= 11 is 5.73. The highest BCUT2D eigenvalue weighted by Gasteiger charge is 2.18. The Morgan fingerprint density at radius 1 is 1.09 bits per heavy atom. The first-order valence-corrected chi connectivity index (χ1v) is 11.6. The van der Waals surface area contributed by atoms with E-state index in [9.17, 15) is 9.18 Å². The van der Waals surface area contributed by atoms with Gasteiger partial charge in [-0.05, 0) is 43.5 Å². The van der Waals surface area contributed by atoms with E-state index >= 15 is 0 Å². The van der Waals surface area contributed by atoms with Gasteiger partial charge in [-0.15, -0.1) is 0 Å². The van der Waals surface area contributed by atoms with Crippen molar-refractivity contribution >= 4 is 23.3 Å². The second kappa shape index (κ2) is 10.7. The van der Waals surface area contributed by atoms with E-state index in [-0.39, 0.29) is 23.3 Å². The third-order valence-corrected chi connectivity index (χ3v) is 5.68. The predicted octanol–water partition coefficient (Wildman–Crippen LogP) is 5.39. The summed E-state index contributed by atoms with van der Waals surface area (Å²) in [7, 11) is 0. The third-order valence-electron chi connectivity index (χ3n) is 5.37. The van der Waals surface area contributed by atoms with E-state index in [1.807, 2.05) is 44.2 Å². The fraction of sp³-hybridized carbons (Fsp3) is 0.231. The van der Waals surface area contributed by atoms with Crippen molar-refractivity contribution < 1.29 is 13.9 Å². The number of benzene rings is 2. The van der Waals surface area contributed by atoms with Crippen molar-refractivity contribution in [1.82, 2.24) is 19.7 Å². The highest BCUT2D eigenvalue weighted by molar-refractivity contribution is 6.30. The van der Waals surface area contributed by atoms with Gasteiger partial charge in [-0.2, -0.15) is 14.8 Å². The molecule has 0 saturated carbocycles. The SMILES string of the molecule is CCc1c(C)nc(-n2nc(C)cc2NC(=O)Cc2ccc(Cl)c(F)c2)nc1OCc1ccccc1. The Balaban J connectivity index is 1.59. The van der Waals surface area contributed by atoms with E-state index in [4.69, 9.17) is 16.3 Å². The molecule has 35 heavy (non-hydrogen) atoms. The number of ether oxygens (including phenoxy) is 1. The van der Waals surface area contributed by atoms with Gasteiger partial charge in [-0.3, -0.25) is 4.79 Å². The molecule has 9 heteroatoms. The molecule has 2 heterocycles. The molecule has 0 fully saturated rings. The number of carbonyl (C=O) groups excluding carboxylic acids is 1. The summed E-state index contributed by atoms with van der Waals surface area (Å²) in [5.74, 6) is 0.250. The van der Waals surface area contributed by atoms with Crippen LogP contribution in [0.2, 0.25) is 5.02 Å². The van der Waals surface area contributed by atoms with Crippen molar-refractivity contribution in [2.24, 2.45) is 0 Å². The van der Waals surface area contributed by atoms with Gasteiger partial charge in [0.15, 0.2) is 0 Å². The van der Waals surface area contributed by atoms with Crippen molar-refractivity contribution in [2.45, 2.75) is 40.2 Å². The van der Waals surface area contributed by atoms with Gasteiger partial charge in [0.2, 0.25) is 11.8 Å². The maximum absolute atomic E-state index is 13.7. The number of hydrogen-bond donors (Lipinski definition) is 1. The number of amides is 1. The van der Waals surface area contributed by atoms with Gasteiger partial charge in [0.1, 0.15) is 18.2 Å². The molecule has 0 spiro atoms. The van der Waals surface area contributed by atoms with Crippen molar-refractivity contribution in [3.05, 3.63) is 93.5 Å². The molecular formula is C26H25ClFN5O2. The standard InChI is InChI=1S/C26H25ClFN5O2/c1-4-20-17(3)29-26(31-25(20)35-15-18-8-6-5-7-9-18)33-23(12-16(2)32-33)30-24(34)14-19-10-11-21(27)22(28)13-19/h5-13H,4,14-15H2,1-3H3,(H,30,34). The maximum atomic E-state index is 13.7. The Bertz CT molecular complexity index is 1360. The average Bonchev–Trinajstić information content (AvgIpc) is 3.20. The molecule has 0 aliphatic rings. The van der Waals surface area contributed by atoms with E-state index in [1.54, 1.807) is 19.1 Å². The van der Waals surface area contributed by atoms with Crippen molar-refractivity contribution in [3.63, 3.8) is 0 Å². The Labute approximate surface area is 207 Å². The minimum absolute atomic E-state index is 0.0104. The summed E-state index contributed by atoms with van der Waals surface area (Å²) in [6.45, 7) is 6.08. The molecule has 7 nitrogen and oxygen atoms in total. The van der Waals surface area contributed by atoms with Gasteiger partial charge in [-0.25, -0.2) is 9.37 Å². The van der Waals surface area contributed by atoms with E-state index in [1.165, 1.54) is 16.8 Å².